The van der Waals surface area contributed by atoms with E-state index >= 15 is 0 Å². The van der Waals surface area contributed by atoms with E-state index in [1.807, 2.05) is 0 Å². The van der Waals surface area contributed by atoms with Crippen molar-refractivity contribution in [2.45, 2.75) is 9.10 Å². The SMILES string of the molecule is CS(=O)(=O)Nc1ncc(S(=O)(=O)c2ccc([N+](=O)[O-])cc2)s1. The highest BCUT2D eigenvalue weighted by molar-refractivity contribution is 7.94. The molecular formula is C10H9N3O6S3. The maximum atomic E-state index is 12.3. The van der Waals surface area contributed by atoms with E-state index < -0.39 is 24.8 Å². The summed E-state index contributed by atoms with van der Waals surface area (Å²) in [5, 5.41) is 10.5. The molecule has 0 aliphatic heterocycles. The molecule has 118 valence electrons. The van der Waals surface area contributed by atoms with E-state index in [1.165, 1.54) is 0 Å². The quantitative estimate of drug-likeness (QED) is 0.623. The first-order valence-electron chi connectivity index (χ1n) is 5.53. The maximum absolute atomic E-state index is 12.3. The predicted molar refractivity (Wildman–Crippen MR) is 79.1 cm³/mol. The highest BCUT2D eigenvalue weighted by Crippen LogP contribution is 2.29. The Bertz CT molecular complexity index is 915. The summed E-state index contributed by atoms with van der Waals surface area (Å²) < 4.78 is 48.7. The minimum atomic E-state index is -3.92. The third-order valence-electron chi connectivity index (χ3n) is 2.38. The number of non-ortho nitro benzene ring substituents is 1. The van der Waals surface area contributed by atoms with E-state index in [2.05, 4.69) is 9.71 Å². The van der Waals surface area contributed by atoms with E-state index in [0.29, 0.717) is 11.3 Å². The zero-order valence-corrected chi connectivity index (χ0v) is 13.4. The third-order valence-corrected chi connectivity index (χ3v) is 6.22. The number of nitrogens with zero attached hydrogens (tertiary/aromatic N) is 2. The van der Waals surface area contributed by atoms with Crippen LogP contribution in [0.25, 0.3) is 0 Å². The summed E-state index contributed by atoms with van der Waals surface area (Å²) in [6.07, 6.45) is 1.94. The normalized spacial score (nSPS) is 12.0. The van der Waals surface area contributed by atoms with Crippen LogP contribution in [0.4, 0.5) is 10.8 Å². The van der Waals surface area contributed by atoms with Crippen LogP contribution >= 0.6 is 11.3 Å². The van der Waals surface area contributed by atoms with Crippen LogP contribution in [-0.2, 0) is 19.9 Å². The Hall–Kier alpha value is -2.05. The lowest BCUT2D eigenvalue weighted by Gasteiger charge is -2.00. The van der Waals surface area contributed by atoms with Crippen LogP contribution in [0, 0.1) is 10.1 Å². The van der Waals surface area contributed by atoms with E-state index in [-0.39, 0.29) is 19.9 Å². The summed E-state index contributed by atoms with van der Waals surface area (Å²) in [7, 11) is -7.48. The second-order valence-corrected chi connectivity index (χ2v) is 9.07. The van der Waals surface area contributed by atoms with Crippen LogP contribution in [0.3, 0.4) is 0 Å². The van der Waals surface area contributed by atoms with Gasteiger partial charge in [0, 0.05) is 12.1 Å². The molecule has 0 aliphatic rings. The number of rotatable bonds is 5. The smallest absolute Gasteiger partial charge is 0.259 e. The minimum Gasteiger partial charge on any atom is -0.259 e. The summed E-state index contributed by atoms with van der Waals surface area (Å²) in [6, 6.07) is 4.36. The standard InChI is InChI=1S/C10H9N3O6S3/c1-21(16,17)12-10-11-6-9(20-10)22(18,19)8-4-2-7(3-5-8)13(14)15/h2-6H,1H3,(H,11,12). The van der Waals surface area contributed by atoms with E-state index in [0.717, 1.165) is 36.7 Å². The fourth-order valence-corrected chi connectivity index (χ4v) is 4.73. The largest absolute Gasteiger partial charge is 0.269 e. The third kappa shape index (κ3) is 3.58. The number of aromatic nitrogens is 1. The fourth-order valence-electron chi connectivity index (χ4n) is 1.45. The molecule has 0 fully saturated rings. The van der Waals surface area contributed by atoms with Gasteiger partial charge in [-0.1, -0.05) is 11.3 Å². The zero-order chi connectivity index (χ0) is 16.5. The Kier molecular flexibility index (Phi) is 4.17. The summed E-state index contributed by atoms with van der Waals surface area (Å²) in [5.41, 5.74) is -0.234. The molecule has 1 aromatic carbocycles. The first-order valence-corrected chi connectivity index (χ1v) is 9.72. The van der Waals surface area contributed by atoms with Gasteiger partial charge in [-0.2, -0.15) is 0 Å². The Labute approximate surface area is 129 Å². The van der Waals surface area contributed by atoms with Crippen molar-refractivity contribution in [1.82, 2.24) is 4.98 Å². The molecule has 0 saturated carbocycles. The number of thiazole rings is 1. The van der Waals surface area contributed by atoms with Crippen molar-refractivity contribution in [2.75, 3.05) is 11.0 Å². The molecule has 1 heterocycles. The molecule has 22 heavy (non-hydrogen) atoms. The van der Waals surface area contributed by atoms with Crippen molar-refractivity contribution in [3.63, 3.8) is 0 Å². The second-order valence-electron chi connectivity index (χ2n) is 4.11. The molecule has 9 nitrogen and oxygen atoms in total. The van der Waals surface area contributed by atoms with Crippen molar-refractivity contribution in [1.29, 1.82) is 0 Å². The number of benzene rings is 1. The van der Waals surface area contributed by atoms with Crippen LogP contribution < -0.4 is 4.72 Å². The van der Waals surface area contributed by atoms with Crippen molar-refractivity contribution in [3.05, 3.63) is 40.6 Å². The lowest BCUT2D eigenvalue weighted by Crippen LogP contribution is -2.08. The molecule has 12 heteroatoms. The van der Waals surface area contributed by atoms with Crippen LogP contribution in [0.15, 0.2) is 39.6 Å². The Balaban J connectivity index is 2.36. The van der Waals surface area contributed by atoms with Crippen molar-refractivity contribution < 1.29 is 21.8 Å². The van der Waals surface area contributed by atoms with Crippen LogP contribution in [0.5, 0.6) is 0 Å². The maximum Gasteiger partial charge on any atom is 0.269 e. The van der Waals surface area contributed by atoms with Gasteiger partial charge >= 0.3 is 0 Å². The Morgan fingerprint density at radius 3 is 2.27 bits per heavy atom. The monoisotopic (exact) mass is 363 g/mol. The first kappa shape index (κ1) is 16.3. The molecule has 1 N–H and O–H groups in total. The Morgan fingerprint density at radius 1 is 1.18 bits per heavy atom. The molecule has 2 aromatic rings. The molecule has 0 aliphatic carbocycles. The summed E-state index contributed by atoms with van der Waals surface area (Å²) >= 11 is 0.649. The highest BCUT2D eigenvalue weighted by atomic mass is 32.2. The summed E-state index contributed by atoms with van der Waals surface area (Å²) in [5.74, 6) is 0. The van der Waals surface area contributed by atoms with Crippen molar-refractivity contribution in [3.8, 4) is 0 Å². The number of sulfonamides is 1. The zero-order valence-electron chi connectivity index (χ0n) is 11.0. The number of nitro groups is 1. The van der Waals surface area contributed by atoms with Crippen LogP contribution in [0.1, 0.15) is 0 Å². The van der Waals surface area contributed by atoms with Gasteiger partial charge in [0.2, 0.25) is 19.9 Å². The Morgan fingerprint density at radius 2 is 1.77 bits per heavy atom. The molecule has 0 radical (unpaired) electrons. The van der Waals surface area contributed by atoms with Crippen molar-refractivity contribution >= 4 is 42.0 Å². The number of hydrogen-bond donors (Lipinski definition) is 1. The number of hydrogen-bond acceptors (Lipinski definition) is 8. The fraction of sp³-hybridized carbons (Fsp3) is 0.100. The minimum absolute atomic E-state index is 0.0806. The van der Waals surface area contributed by atoms with Gasteiger partial charge in [0.25, 0.3) is 5.69 Å². The van der Waals surface area contributed by atoms with Gasteiger partial charge in [0.15, 0.2) is 5.13 Å². The second kappa shape index (κ2) is 5.62. The molecule has 0 atom stereocenters. The average molecular weight is 363 g/mol. The van der Waals surface area contributed by atoms with Gasteiger partial charge in [-0.15, -0.1) is 0 Å². The molecule has 1 aromatic heterocycles. The molecule has 0 bridgehead atoms. The van der Waals surface area contributed by atoms with Crippen LogP contribution in [0.2, 0.25) is 0 Å². The van der Waals surface area contributed by atoms with Crippen molar-refractivity contribution in [2.24, 2.45) is 0 Å². The van der Waals surface area contributed by atoms with Gasteiger partial charge in [-0.3, -0.25) is 14.8 Å². The molecule has 0 spiro atoms. The average Bonchev–Trinajstić information content (AvgIpc) is 2.85. The van der Waals surface area contributed by atoms with Gasteiger partial charge < -0.3 is 0 Å². The lowest BCUT2D eigenvalue weighted by molar-refractivity contribution is -0.384. The van der Waals surface area contributed by atoms with Gasteiger partial charge in [-0.05, 0) is 12.1 Å². The van der Waals surface area contributed by atoms with E-state index in [4.69, 9.17) is 0 Å². The van der Waals surface area contributed by atoms with E-state index in [9.17, 15) is 26.9 Å². The highest BCUT2D eigenvalue weighted by Gasteiger charge is 2.22. The molecule has 0 amide bonds. The number of sulfone groups is 1. The van der Waals surface area contributed by atoms with E-state index in [1.54, 1.807) is 0 Å². The topological polar surface area (TPSA) is 136 Å². The molecule has 2 rings (SSSR count). The number of anilines is 1. The summed E-state index contributed by atoms with van der Waals surface area (Å²) in [6.45, 7) is 0. The van der Waals surface area contributed by atoms with Crippen LogP contribution in [-0.4, -0.2) is 33.0 Å². The van der Waals surface area contributed by atoms with Gasteiger partial charge in [-0.25, -0.2) is 21.8 Å². The number of nitro benzene ring substituents is 1. The summed E-state index contributed by atoms with van der Waals surface area (Å²) in [4.78, 5) is 13.4. The van der Waals surface area contributed by atoms with Gasteiger partial charge in [0.1, 0.15) is 4.21 Å². The van der Waals surface area contributed by atoms with Gasteiger partial charge in [0.05, 0.1) is 22.3 Å². The lowest BCUT2D eigenvalue weighted by atomic mass is 10.3. The predicted octanol–water partition coefficient (Wildman–Crippen LogP) is 1.26. The molecule has 0 saturated heterocycles. The first-order chi connectivity index (χ1) is 10.1. The molecular weight excluding hydrogens is 354 g/mol. The number of nitrogens with one attached hydrogen (secondary N) is 1. The molecule has 0 unspecified atom stereocenters.